The van der Waals surface area contributed by atoms with Crippen LogP contribution in [0.2, 0.25) is 0 Å². The maximum atomic E-state index is 5.48. The number of anilines is 1. The minimum Gasteiger partial charge on any atom is -0.493 e. The normalized spacial score (nSPS) is 10.7. The summed E-state index contributed by atoms with van der Waals surface area (Å²) in [4.78, 5) is 12.0. The molecular formula is C27H27N3O2. The Hall–Kier alpha value is -3.86. The molecule has 5 heteroatoms. The van der Waals surface area contributed by atoms with Crippen molar-refractivity contribution in [3.05, 3.63) is 90.5 Å². The van der Waals surface area contributed by atoms with Crippen LogP contribution in [-0.4, -0.2) is 30.7 Å². The SMILES string of the molecule is C=CCN(Cc1ccc(OC)c(OC)c1)c1nc(-c2ccccc2)c2cc(C)ccc2n1. The van der Waals surface area contributed by atoms with Crippen LogP contribution < -0.4 is 14.4 Å². The molecule has 0 N–H and O–H groups in total. The summed E-state index contributed by atoms with van der Waals surface area (Å²) in [7, 11) is 3.28. The first-order valence-electron chi connectivity index (χ1n) is 10.5. The molecule has 1 heterocycles. The lowest BCUT2D eigenvalue weighted by atomic mass is 10.0. The number of methoxy groups -OCH3 is 2. The molecule has 0 atom stereocenters. The molecule has 0 aliphatic carbocycles. The molecule has 0 fully saturated rings. The Morgan fingerprint density at radius 2 is 1.69 bits per heavy atom. The number of rotatable bonds is 8. The summed E-state index contributed by atoms with van der Waals surface area (Å²) in [6.45, 7) is 7.25. The second kappa shape index (κ2) is 9.52. The van der Waals surface area contributed by atoms with Crippen molar-refractivity contribution in [3.63, 3.8) is 0 Å². The number of hydrogen-bond acceptors (Lipinski definition) is 5. The third-order valence-corrected chi connectivity index (χ3v) is 5.34. The zero-order chi connectivity index (χ0) is 22.5. The quantitative estimate of drug-likeness (QED) is 0.333. The van der Waals surface area contributed by atoms with E-state index in [4.69, 9.17) is 19.4 Å². The molecule has 5 nitrogen and oxygen atoms in total. The summed E-state index contributed by atoms with van der Waals surface area (Å²) in [5, 5.41) is 1.05. The van der Waals surface area contributed by atoms with Crippen molar-refractivity contribution in [1.82, 2.24) is 9.97 Å². The van der Waals surface area contributed by atoms with Crippen LogP contribution in [0.1, 0.15) is 11.1 Å². The van der Waals surface area contributed by atoms with Gasteiger partial charge in [-0.05, 0) is 36.8 Å². The fraction of sp³-hybridized carbons (Fsp3) is 0.185. The Bertz CT molecular complexity index is 1240. The van der Waals surface area contributed by atoms with Crippen LogP contribution in [-0.2, 0) is 6.54 Å². The molecule has 0 bridgehead atoms. The van der Waals surface area contributed by atoms with Gasteiger partial charge in [0.1, 0.15) is 0 Å². The Kier molecular flexibility index (Phi) is 6.36. The largest absolute Gasteiger partial charge is 0.493 e. The predicted octanol–water partition coefficient (Wildman–Crippen LogP) is 5.82. The van der Waals surface area contributed by atoms with E-state index in [0.717, 1.165) is 27.7 Å². The van der Waals surface area contributed by atoms with E-state index in [2.05, 4.69) is 48.7 Å². The maximum absolute atomic E-state index is 5.48. The van der Waals surface area contributed by atoms with Gasteiger partial charge < -0.3 is 14.4 Å². The molecule has 3 aromatic carbocycles. The number of benzene rings is 3. The predicted molar refractivity (Wildman–Crippen MR) is 131 cm³/mol. The third-order valence-electron chi connectivity index (χ3n) is 5.34. The number of aromatic nitrogens is 2. The fourth-order valence-corrected chi connectivity index (χ4v) is 3.76. The molecule has 4 aromatic rings. The Labute approximate surface area is 189 Å². The molecule has 0 spiro atoms. The summed E-state index contributed by atoms with van der Waals surface area (Å²) in [5.74, 6) is 2.06. The van der Waals surface area contributed by atoms with Crippen LogP contribution in [0.3, 0.4) is 0 Å². The highest BCUT2D eigenvalue weighted by Gasteiger charge is 2.16. The van der Waals surface area contributed by atoms with Crippen LogP contribution in [0.25, 0.3) is 22.2 Å². The van der Waals surface area contributed by atoms with Gasteiger partial charge in [-0.3, -0.25) is 0 Å². The molecule has 0 aliphatic rings. The lowest BCUT2D eigenvalue weighted by Crippen LogP contribution is -2.25. The van der Waals surface area contributed by atoms with Gasteiger partial charge in [-0.1, -0.05) is 54.1 Å². The van der Waals surface area contributed by atoms with Crippen molar-refractivity contribution < 1.29 is 9.47 Å². The summed E-state index contributed by atoms with van der Waals surface area (Å²) in [5.41, 5.74) is 5.16. The van der Waals surface area contributed by atoms with Crippen LogP contribution in [0.15, 0.2) is 79.4 Å². The van der Waals surface area contributed by atoms with Gasteiger partial charge in [-0.25, -0.2) is 9.97 Å². The Morgan fingerprint density at radius 3 is 2.41 bits per heavy atom. The van der Waals surface area contributed by atoms with Gasteiger partial charge >= 0.3 is 0 Å². The van der Waals surface area contributed by atoms with Crippen LogP contribution in [0.5, 0.6) is 11.5 Å². The Morgan fingerprint density at radius 1 is 0.906 bits per heavy atom. The zero-order valence-corrected chi connectivity index (χ0v) is 18.7. The van der Waals surface area contributed by atoms with Gasteiger partial charge in [0.25, 0.3) is 0 Å². The highest BCUT2D eigenvalue weighted by atomic mass is 16.5. The van der Waals surface area contributed by atoms with Crippen molar-refractivity contribution in [2.24, 2.45) is 0 Å². The molecule has 0 amide bonds. The zero-order valence-electron chi connectivity index (χ0n) is 18.7. The average molecular weight is 426 g/mol. The summed E-state index contributed by atoms with van der Waals surface area (Å²) in [6, 6.07) is 22.5. The molecule has 4 rings (SSSR count). The summed E-state index contributed by atoms with van der Waals surface area (Å²) < 4.78 is 10.8. The van der Waals surface area contributed by atoms with E-state index in [9.17, 15) is 0 Å². The number of nitrogens with zero attached hydrogens (tertiary/aromatic N) is 3. The first-order valence-corrected chi connectivity index (χ1v) is 10.5. The topological polar surface area (TPSA) is 47.5 Å². The minimum atomic E-state index is 0.609. The van der Waals surface area contributed by atoms with Crippen molar-refractivity contribution >= 4 is 16.9 Å². The lowest BCUT2D eigenvalue weighted by Gasteiger charge is -2.23. The second-order valence-corrected chi connectivity index (χ2v) is 7.62. The first kappa shape index (κ1) is 21.4. The minimum absolute atomic E-state index is 0.609. The summed E-state index contributed by atoms with van der Waals surface area (Å²) >= 11 is 0. The highest BCUT2D eigenvalue weighted by Crippen LogP contribution is 2.31. The van der Waals surface area contributed by atoms with Crippen molar-refractivity contribution in [2.75, 3.05) is 25.7 Å². The first-order chi connectivity index (χ1) is 15.6. The van der Waals surface area contributed by atoms with E-state index in [-0.39, 0.29) is 0 Å². The highest BCUT2D eigenvalue weighted by molar-refractivity contribution is 5.93. The van der Waals surface area contributed by atoms with Gasteiger partial charge in [0, 0.05) is 24.0 Å². The Balaban J connectivity index is 1.80. The maximum Gasteiger partial charge on any atom is 0.227 e. The number of ether oxygens (including phenoxy) is 2. The fourth-order valence-electron chi connectivity index (χ4n) is 3.76. The van der Waals surface area contributed by atoms with Crippen LogP contribution in [0.4, 0.5) is 5.95 Å². The van der Waals surface area contributed by atoms with Gasteiger partial charge in [-0.2, -0.15) is 0 Å². The van der Waals surface area contributed by atoms with Crippen molar-refractivity contribution in [3.8, 4) is 22.8 Å². The van der Waals surface area contributed by atoms with E-state index in [1.54, 1.807) is 14.2 Å². The molecule has 0 saturated carbocycles. The number of aryl methyl sites for hydroxylation is 1. The van der Waals surface area contributed by atoms with Gasteiger partial charge in [0.05, 0.1) is 25.4 Å². The molecular weight excluding hydrogens is 398 g/mol. The van der Waals surface area contributed by atoms with Gasteiger partial charge in [-0.15, -0.1) is 6.58 Å². The van der Waals surface area contributed by atoms with Crippen molar-refractivity contribution in [2.45, 2.75) is 13.5 Å². The van der Waals surface area contributed by atoms with E-state index in [0.29, 0.717) is 30.5 Å². The van der Waals surface area contributed by atoms with E-state index in [1.165, 1.54) is 5.56 Å². The van der Waals surface area contributed by atoms with Gasteiger partial charge in [0.15, 0.2) is 11.5 Å². The molecule has 1 aromatic heterocycles. The van der Waals surface area contributed by atoms with E-state index < -0.39 is 0 Å². The molecule has 0 radical (unpaired) electrons. The average Bonchev–Trinajstić information content (AvgIpc) is 2.83. The molecule has 0 aliphatic heterocycles. The smallest absolute Gasteiger partial charge is 0.227 e. The molecule has 32 heavy (non-hydrogen) atoms. The number of hydrogen-bond donors (Lipinski definition) is 0. The summed E-state index contributed by atoms with van der Waals surface area (Å²) in [6.07, 6.45) is 1.87. The monoisotopic (exact) mass is 425 g/mol. The standard InChI is InChI=1S/C27H27N3O2/c1-5-15-30(18-20-12-14-24(31-3)25(17-20)32-4)27-28-23-13-11-19(2)16-22(23)26(29-27)21-9-7-6-8-10-21/h5-14,16-17H,1,15,18H2,2-4H3. The molecule has 162 valence electrons. The molecule has 0 saturated heterocycles. The van der Waals surface area contributed by atoms with Gasteiger partial charge in [0.2, 0.25) is 5.95 Å². The van der Waals surface area contributed by atoms with E-state index >= 15 is 0 Å². The van der Waals surface area contributed by atoms with E-state index in [1.807, 2.05) is 42.5 Å². The lowest BCUT2D eigenvalue weighted by molar-refractivity contribution is 0.354. The molecule has 0 unspecified atom stereocenters. The van der Waals surface area contributed by atoms with Crippen LogP contribution >= 0.6 is 0 Å². The van der Waals surface area contributed by atoms with Crippen molar-refractivity contribution in [1.29, 1.82) is 0 Å². The van der Waals surface area contributed by atoms with Crippen LogP contribution in [0, 0.1) is 6.92 Å². The second-order valence-electron chi connectivity index (χ2n) is 7.62. The number of fused-ring (bicyclic) bond motifs is 1. The third kappa shape index (κ3) is 4.42.